The van der Waals surface area contributed by atoms with Gasteiger partial charge in [0.25, 0.3) is 0 Å². The van der Waals surface area contributed by atoms with Crippen molar-refractivity contribution in [3.05, 3.63) is 34.9 Å². The lowest BCUT2D eigenvalue weighted by Crippen LogP contribution is -1.99. The van der Waals surface area contributed by atoms with E-state index in [-0.39, 0.29) is 0 Å². The minimum absolute atomic E-state index is 0.739. The van der Waals surface area contributed by atoms with Gasteiger partial charge in [0.15, 0.2) is 0 Å². The summed E-state index contributed by atoms with van der Waals surface area (Å²) < 4.78 is 0. The van der Waals surface area contributed by atoms with E-state index in [1.54, 1.807) is 0 Å². The average Bonchev–Trinajstić information content (AvgIpc) is 2.13. The summed E-state index contributed by atoms with van der Waals surface area (Å²) in [5.74, 6) is 0. The molecule has 0 bridgehead atoms. The Labute approximate surface area is 78.9 Å². The molecule has 0 saturated carbocycles. The molecule has 0 aliphatic carbocycles. The van der Waals surface area contributed by atoms with Gasteiger partial charge in [-0.05, 0) is 43.0 Å². The molecule has 0 amide bonds. The smallest absolute Gasteiger partial charge is 0.0865 e. The van der Waals surface area contributed by atoms with Gasteiger partial charge in [-0.25, -0.2) is 0 Å². The maximum atomic E-state index is 8.73. The van der Waals surface area contributed by atoms with Crippen LogP contribution < -0.4 is 0 Å². The van der Waals surface area contributed by atoms with Gasteiger partial charge in [-0.15, -0.1) is 0 Å². The molecule has 0 spiro atoms. The summed E-state index contributed by atoms with van der Waals surface area (Å²) in [5.41, 5.74) is 4.24. The standard InChI is InChI=1S/C11H15NO/c1-4-11(12-13)10-6-5-8(2)9(3)7-10/h5-7,13H,4H2,1-3H3/b12-11-. The van der Waals surface area contributed by atoms with E-state index in [9.17, 15) is 0 Å². The molecule has 1 aromatic carbocycles. The summed E-state index contributed by atoms with van der Waals surface area (Å²) in [7, 11) is 0. The third-order valence-electron chi connectivity index (χ3n) is 2.30. The maximum Gasteiger partial charge on any atom is 0.0865 e. The fourth-order valence-corrected chi connectivity index (χ4v) is 1.25. The van der Waals surface area contributed by atoms with Gasteiger partial charge in [0.2, 0.25) is 0 Å². The van der Waals surface area contributed by atoms with Crippen molar-refractivity contribution in [3.8, 4) is 0 Å². The second-order valence-electron chi connectivity index (χ2n) is 3.20. The molecule has 0 aliphatic rings. The molecule has 1 aromatic rings. The first-order chi connectivity index (χ1) is 6.19. The first-order valence-electron chi connectivity index (χ1n) is 4.47. The second kappa shape index (κ2) is 4.08. The molecule has 0 saturated heterocycles. The zero-order valence-electron chi connectivity index (χ0n) is 8.33. The number of oxime groups is 1. The van der Waals surface area contributed by atoms with Crippen LogP contribution in [-0.4, -0.2) is 10.9 Å². The number of hydrogen-bond acceptors (Lipinski definition) is 2. The van der Waals surface area contributed by atoms with Crippen LogP contribution in [0.15, 0.2) is 23.4 Å². The quantitative estimate of drug-likeness (QED) is 0.420. The highest BCUT2D eigenvalue weighted by atomic mass is 16.4. The van der Waals surface area contributed by atoms with Crippen LogP contribution in [0.25, 0.3) is 0 Å². The van der Waals surface area contributed by atoms with Crippen LogP contribution in [0.5, 0.6) is 0 Å². The van der Waals surface area contributed by atoms with E-state index >= 15 is 0 Å². The van der Waals surface area contributed by atoms with Crippen molar-refractivity contribution in [2.75, 3.05) is 0 Å². The SMILES string of the molecule is CC/C(=N/O)c1ccc(C)c(C)c1. The summed E-state index contributed by atoms with van der Waals surface area (Å²) in [6.45, 7) is 6.11. The lowest BCUT2D eigenvalue weighted by Gasteiger charge is -2.04. The first kappa shape index (κ1) is 9.78. The van der Waals surface area contributed by atoms with E-state index in [1.807, 2.05) is 25.1 Å². The molecule has 1 rings (SSSR count). The Morgan fingerprint density at radius 1 is 1.31 bits per heavy atom. The Morgan fingerprint density at radius 3 is 2.46 bits per heavy atom. The summed E-state index contributed by atoms with van der Waals surface area (Å²) in [5, 5.41) is 12.0. The van der Waals surface area contributed by atoms with Crippen LogP contribution in [0.1, 0.15) is 30.0 Å². The van der Waals surface area contributed by atoms with E-state index in [0.717, 1.165) is 17.7 Å². The molecule has 13 heavy (non-hydrogen) atoms. The third-order valence-corrected chi connectivity index (χ3v) is 2.30. The first-order valence-corrected chi connectivity index (χ1v) is 4.47. The van der Waals surface area contributed by atoms with Gasteiger partial charge in [-0.1, -0.05) is 24.2 Å². The third kappa shape index (κ3) is 2.08. The highest BCUT2D eigenvalue weighted by molar-refractivity contribution is 6.00. The topological polar surface area (TPSA) is 32.6 Å². The molecule has 0 atom stereocenters. The minimum Gasteiger partial charge on any atom is -0.411 e. The Morgan fingerprint density at radius 2 is 2.00 bits per heavy atom. The molecule has 0 unspecified atom stereocenters. The van der Waals surface area contributed by atoms with Crippen LogP contribution in [-0.2, 0) is 0 Å². The second-order valence-corrected chi connectivity index (χ2v) is 3.20. The Balaban J connectivity index is 3.10. The monoisotopic (exact) mass is 177 g/mol. The van der Waals surface area contributed by atoms with Crippen LogP contribution in [0.3, 0.4) is 0 Å². The van der Waals surface area contributed by atoms with Gasteiger partial charge in [0.1, 0.15) is 0 Å². The largest absolute Gasteiger partial charge is 0.411 e. The van der Waals surface area contributed by atoms with Gasteiger partial charge < -0.3 is 5.21 Å². The van der Waals surface area contributed by atoms with Crippen molar-refractivity contribution in [1.82, 2.24) is 0 Å². The summed E-state index contributed by atoms with van der Waals surface area (Å²) >= 11 is 0. The lowest BCUT2D eigenvalue weighted by atomic mass is 10.0. The summed E-state index contributed by atoms with van der Waals surface area (Å²) in [4.78, 5) is 0. The van der Waals surface area contributed by atoms with Crippen molar-refractivity contribution in [1.29, 1.82) is 0 Å². The Bertz CT molecular complexity index is 329. The molecule has 0 radical (unpaired) electrons. The van der Waals surface area contributed by atoms with E-state index in [2.05, 4.69) is 19.0 Å². The predicted molar refractivity (Wildman–Crippen MR) is 54.5 cm³/mol. The lowest BCUT2D eigenvalue weighted by molar-refractivity contribution is 0.318. The normalized spacial score (nSPS) is 11.8. The number of hydrogen-bond donors (Lipinski definition) is 1. The summed E-state index contributed by atoms with van der Waals surface area (Å²) in [6.07, 6.45) is 0.749. The molecule has 0 aromatic heterocycles. The van der Waals surface area contributed by atoms with E-state index < -0.39 is 0 Å². The molecule has 0 heterocycles. The van der Waals surface area contributed by atoms with E-state index in [4.69, 9.17) is 5.21 Å². The van der Waals surface area contributed by atoms with Gasteiger partial charge in [0, 0.05) is 0 Å². The highest BCUT2D eigenvalue weighted by Crippen LogP contribution is 2.11. The fourth-order valence-electron chi connectivity index (χ4n) is 1.25. The molecule has 2 heteroatoms. The Kier molecular flexibility index (Phi) is 3.07. The fraction of sp³-hybridized carbons (Fsp3) is 0.364. The zero-order valence-corrected chi connectivity index (χ0v) is 8.33. The minimum atomic E-state index is 0.739. The molecular weight excluding hydrogens is 162 g/mol. The number of aryl methyl sites for hydroxylation is 2. The zero-order chi connectivity index (χ0) is 9.84. The van der Waals surface area contributed by atoms with Gasteiger partial charge >= 0.3 is 0 Å². The maximum absolute atomic E-state index is 8.73. The number of rotatable bonds is 2. The van der Waals surface area contributed by atoms with Gasteiger partial charge in [-0.3, -0.25) is 0 Å². The number of nitrogens with zero attached hydrogens (tertiary/aromatic N) is 1. The van der Waals surface area contributed by atoms with E-state index in [1.165, 1.54) is 11.1 Å². The molecule has 0 fully saturated rings. The van der Waals surface area contributed by atoms with Crippen molar-refractivity contribution >= 4 is 5.71 Å². The highest BCUT2D eigenvalue weighted by Gasteiger charge is 2.02. The van der Waals surface area contributed by atoms with Crippen LogP contribution >= 0.6 is 0 Å². The summed E-state index contributed by atoms with van der Waals surface area (Å²) in [6, 6.07) is 6.08. The molecule has 1 N–H and O–H groups in total. The van der Waals surface area contributed by atoms with Crippen LogP contribution in [0.2, 0.25) is 0 Å². The molecule has 70 valence electrons. The van der Waals surface area contributed by atoms with Crippen LogP contribution in [0.4, 0.5) is 0 Å². The van der Waals surface area contributed by atoms with Crippen molar-refractivity contribution < 1.29 is 5.21 Å². The molecule has 2 nitrogen and oxygen atoms in total. The Hall–Kier alpha value is -1.31. The van der Waals surface area contributed by atoms with Crippen molar-refractivity contribution in [3.63, 3.8) is 0 Å². The van der Waals surface area contributed by atoms with Gasteiger partial charge in [-0.2, -0.15) is 0 Å². The number of benzene rings is 1. The van der Waals surface area contributed by atoms with Gasteiger partial charge in [0.05, 0.1) is 5.71 Å². The molecule has 0 aliphatic heterocycles. The van der Waals surface area contributed by atoms with Crippen molar-refractivity contribution in [2.24, 2.45) is 5.16 Å². The van der Waals surface area contributed by atoms with Crippen molar-refractivity contribution in [2.45, 2.75) is 27.2 Å². The average molecular weight is 177 g/mol. The predicted octanol–water partition coefficient (Wildman–Crippen LogP) is 2.89. The molecular formula is C11H15NO. The van der Waals surface area contributed by atoms with Crippen LogP contribution in [0, 0.1) is 13.8 Å². The van der Waals surface area contributed by atoms with E-state index in [0.29, 0.717) is 0 Å².